The van der Waals surface area contributed by atoms with Gasteiger partial charge in [-0.1, -0.05) is 23.4 Å². The first-order chi connectivity index (χ1) is 9.61. The number of halogens is 1. The molecular weight excluding hydrogens is 261 g/mol. The quantitative estimate of drug-likeness (QED) is 0.346. The second-order valence-electron chi connectivity index (χ2n) is 4.00. The lowest BCUT2D eigenvalue weighted by Gasteiger charge is -2.07. The summed E-state index contributed by atoms with van der Waals surface area (Å²) in [4.78, 5) is 11.9. The van der Waals surface area contributed by atoms with Crippen LogP contribution in [0.1, 0.15) is 15.9 Å². The normalized spacial score (nSPS) is 11.2. The average molecular weight is 273 g/mol. The van der Waals surface area contributed by atoms with Crippen molar-refractivity contribution in [2.45, 2.75) is 0 Å². The van der Waals surface area contributed by atoms with Crippen molar-refractivity contribution in [3.05, 3.63) is 65.5 Å². The Morgan fingerprint density at radius 1 is 1.15 bits per heavy atom. The fraction of sp³-hybridized carbons (Fsp3) is 0. The molecule has 0 spiro atoms. The smallest absolute Gasteiger partial charge is 0.255 e. The summed E-state index contributed by atoms with van der Waals surface area (Å²) in [6.45, 7) is 0. The Kier molecular flexibility index (Phi) is 3.95. The fourth-order valence-corrected chi connectivity index (χ4v) is 1.62. The van der Waals surface area contributed by atoms with Crippen molar-refractivity contribution in [3.8, 4) is 0 Å². The summed E-state index contributed by atoms with van der Waals surface area (Å²) in [7, 11) is 0. The van der Waals surface area contributed by atoms with Crippen LogP contribution >= 0.6 is 0 Å². The molecular formula is C14H12FN3O2. The molecule has 0 saturated carbocycles. The Bertz CT molecular complexity index is 657. The van der Waals surface area contributed by atoms with Crippen LogP contribution in [0.4, 0.5) is 10.1 Å². The van der Waals surface area contributed by atoms with Crippen LogP contribution in [0, 0.1) is 5.82 Å². The number of amidine groups is 1. The van der Waals surface area contributed by atoms with E-state index in [1.165, 1.54) is 12.1 Å². The van der Waals surface area contributed by atoms with E-state index in [0.717, 1.165) is 6.07 Å². The molecule has 0 atom stereocenters. The van der Waals surface area contributed by atoms with Crippen molar-refractivity contribution in [2.24, 2.45) is 10.9 Å². The summed E-state index contributed by atoms with van der Waals surface area (Å²) < 4.78 is 13.8. The molecule has 0 heterocycles. The van der Waals surface area contributed by atoms with Gasteiger partial charge in [0.1, 0.15) is 5.82 Å². The van der Waals surface area contributed by atoms with E-state index in [2.05, 4.69) is 10.5 Å². The second kappa shape index (κ2) is 5.83. The van der Waals surface area contributed by atoms with Gasteiger partial charge in [-0.15, -0.1) is 0 Å². The molecule has 102 valence electrons. The molecule has 0 radical (unpaired) electrons. The lowest BCUT2D eigenvalue weighted by Crippen LogP contribution is -2.15. The number of rotatable bonds is 3. The SMILES string of the molecule is N/C(=N/O)c1ccc(NC(=O)c2ccccc2)c(F)c1. The van der Waals surface area contributed by atoms with Gasteiger partial charge in [0, 0.05) is 11.1 Å². The van der Waals surface area contributed by atoms with Crippen LogP contribution in [0.5, 0.6) is 0 Å². The second-order valence-corrected chi connectivity index (χ2v) is 4.00. The van der Waals surface area contributed by atoms with E-state index in [-0.39, 0.29) is 17.1 Å². The number of oxime groups is 1. The Morgan fingerprint density at radius 3 is 2.45 bits per heavy atom. The summed E-state index contributed by atoms with van der Waals surface area (Å²) >= 11 is 0. The van der Waals surface area contributed by atoms with Crippen LogP contribution in [0.25, 0.3) is 0 Å². The van der Waals surface area contributed by atoms with Gasteiger partial charge in [0.2, 0.25) is 0 Å². The predicted octanol–water partition coefficient (Wildman–Crippen LogP) is 2.17. The molecule has 6 heteroatoms. The van der Waals surface area contributed by atoms with Crippen LogP contribution in [0.3, 0.4) is 0 Å². The highest BCUT2D eigenvalue weighted by Crippen LogP contribution is 2.16. The standard InChI is InChI=1S/C14H12FN3O2/c15-11-8-10(13(16)18-20)6-7-12(11)17-14(19)9-4-2-1-3-5-9/h1-8,20H,(H2,16,18)(H,17,19). The first-order valence-corrected chi connectivity index (χ1v) is 5.75. The Morgan fingerprint density at radius 2 is 1.85 bits per heavy atom. The molecule has 0 aliphatic carbocycles. The van der Waals surface area contributed by atoms with Crippen molar-refractivity contribution in [1.29, 1.82) is 0 Å². The van der Waals surface area contributed by atoms with Crippen LogP contribution in [-0.2, 0) is 0 Å². The van der Waals surface area contributed by atoms with Gasteiger partial charge >= 0.3 is 0 Å². The fourth-order valence-electron chi connectivity index (χ4n) is 1.62. The number of hydrogen-bond acceptors (Lipinski definition) is 3. The van der Waals surface area contributed by atoms with E-state index in [4.69, 9.17) is 10.9 Å². The van der Waals surface area contributed by atoms with E-state index >= 15 is 0 Å². The highest BCUT2D eigenvalue weighted by atomic mass is 19.1. The maximum Gasteiger partial charge on any atom is 0.255 e. The summed E-state index contributed by atoms with van der Waals surface area (Å²) in [5.41, 5.74) is 6.02. The number of nitrogens with one attached hydrogen (secondary N) is 1. The molecule has 0 fully saturated rings. The van der Waals surface area contributed by atoms with E-state index in [1.807, 2.05) is 0 Å². The van der Waals surface area contributed by atoms with Gasteiger partial charge in [-0.3, -0.25) is 4.79 Å². The first kappa shape index (κ1) is 13.5. The zero-order valence-corrected chi connectivity index (χ0v) is 10.4. The molecule has 20 heavy (non-hydrogen) atoms. The van der Waals surface area contributed by atoms with Gasteiger partial charge in [-0.2, -0.15) is 0 Å². The number of amides is 1. The molecule has 5 nitrogen and oxygen atoms in total. The number of carbonyl (C=O) groups is 1. The minimum Gasteiger partial charge on any atom is -0.409 e. The number of hydrogen-bond donors (Lipinski definition) is 3. The average Bonchev–Trinajstić information content (AvgIpc) is 2.49. The largest absolute Gasteiger partial charge is 0.409 e. The third-order valence-corrected chi connectivity index (χ3v) is 2.66. The Hall–Kier alpha value is -2.89. The number of nitrogens with zero attached hydrogens (tertiary/aromatic N) is 1. The number of nitrogens with two attached hydrogens (primary N) is 1. The van der Waals surface area contributed by atoms with Gasteiger partial charge < -0.3 is 16.3 Å². The third-order valence-electron chi connectivity index (χ3n) is 2.66. The van der Waals surface area contributed by atoms with Gasteiger partial charge in [0.05, 0.1) is 5.69 Å². The van der Waals surface area contributed by atoms with Crippen molar-refractivity contribution >= 4 is 17.4 Å². The van der Waals surface area contributed by atoms with Crippen LogP contribution in [0.2, 0.25) is 0 Å². The Balaban J connectivity index is 2.21. The molecule has 0 aromatic heterocycles. The summed E-state index contributed by atoms with van der Waals surface area (Å²) in [6, 6.07) is 12.3. The predicted molar refractivity (Wildman–Crippen MR) is 73.3 cm³/mol. The monoisotopic (exact) mass is 273 g/mol. The molecule has 0 bridgehead atoms. The van der Waals surface area contributed by atoms with Gasteiger partial charge in [-0.25, -0.2) is 4.39 Å². The summed E-state index contributed by atoms with van der Waals surface area (Å²) in [5, 5.41) is 13.7. The van der Waals surface area contributed by atoms with E-state index in [0.29, 0.717) is 5.56 Å². The summed E-state index contributed by atoms with van der Waals surface area (Å²) in [6.07, 6.45) is 0. The van der Waals surface area contributed by atoms with E-state index < -0.39 is 11.7 Å². The third kappa shape index (κ3) is 2.92. The molecule has 2 aromatic carbocycles. The van der Waals surface area contributed by atoms with E-state index in [9.17, 15) is 9.18 Å². The maximum atomic E-state index is 13.8. The lowest BCUT2D eigenvalue weighted by atomic mass is 10.1. The van der Waals surface area contributed by atoms with Gasteiger partial charge in [-0.05, 0) is 30.3 Å². The zero-order valence-electron chi connectivity index (χ0n) is 10.4. The number of anilines is 1. The van der Waals surface area contributed by atoms with Crippen molar-refractivity contribution in [3.63, 3.8) is 0 Å². The molecule has 0 aliphatic rings. The first-order valence-electron chi connectivity index (χ1n) is 5.75. The topological polar surface area (TPSA) is 87.7 Å². The van der Waals surface area contributed by atoms with Gasteiger partial charge in [0.15, 0.2) is 5.84 Å². The molecule has 0 unspecified atom stereocenters. The molecule has 2 aromatic rings. The maximum absolute atomic E-state index is 13.8. The number of carbonyl (C=O) groups excluding carboxylic acids is 1. The van der Waals surface area contributed by atoms with Crippen molar-refractivity contribution < 1.29 is 14.4 Å². The lowest BCUT2D eigenvalue weighted by molar-refractivity contribution is 0.102. The van der Waals surface area contributed by atoms with Crippen LogP contribution < -0.4 is 11.1 Å². The zero-order chi connectivity index (χ0) is 14.5. The highest BCUT2D eigenvalue weighted by molar-refractivity contribution is 6.04. The molecule has 2 rings (SSSR count). The highest BCUT2D eigenvalue weighted by Gasteiger charge is 2.10. The molecule has 1 amide bonds. The molecule has 4 N–H and O–H groups in total. The summed E-state index contributed by atoms with van der Waals surface area (Å²) in [5.74, 6) is -1.29. The van der Waals surface area contributed by atoms with Crippen molar-refractivity contribution in [1.82, 2.24) is 0 Å². The number of benzene rings is 2. The van der Waals surface area contributed by atoms with E-state index in [1.54, 1.807) is 30.3 Å². The Labute approximate surface area is 114 Å². The molecule has 0 saturated heterocycles. The van der Waals surface area contributed by atoms with Crippen LogP contribution in [0.15, 0.2) is 53.7 Å². The van der Waals surface area contributed by atoms with Crippen LogP contribution in [-0.4, -0.2) is 17.0 Å². The minimum atomic E-state index is -0.668. The molecule has 0 aliphatic heterocycles. The van der Waals surface area contributed by atoms with Crippen molar-refractivity contribution in [2.75, 3.05) is 5.32 Å². The minimum absolute atomic E-state index is 0.0216. The van der Waals surface area contributed by atoms with Gasteiger partial charge in [0.25, 0.3) is 5.91 Å².